The topological polar surface area (TPSA) is 29.3 Å². The molecule has 0 radical (unpaired) electrons. The highest BCUT2D eigenvalue weighted by atomic mass is 35.5. The Labute approximate surface area is 110 Å². The van der Waals surface area contributed by atoms with Gasteiger partial charge in [0, 0.05) is 12.6 Å². The van der Waals surface area contributed by atoms with Gasteiger partial charge in [0.2, 0.25) is 0 Å². The normalized spacial score (nSPS) is 12.0. The minimum absolute atomic E-state index is 0.150. The summed E-state index contributed by atoms with van der Waals surface area (Å²) in [6.07, 6.45) is -4.28. The second kappa shape index (κ2) is 5.80. The number of nitrogens with two attached hydrogens (primary N) is 1. The quantitative estimate of drug-likeness (QED) is 0.913. The lowest BCUT2D eigenvalue weighted by molar-refractivity contribution is -0.120. The number of anilines is 1. The molecule has 18 heavy (non-hydrogen) atoms. The molecule has 1 aromatic carbocycles. The Morgan fingerprint density at radius 3 is 2.39 bits per heavy atom. The Balaban J connectivity index is 3.21. The Morgan fingerprint density at radius 1 is 1.33 bits per heavy atom. The molecule has 0 saturated carbocycles. The van der Waals surface area contributed by atoms with E-state index in [0.29, 0.717) is 11.3 Å². The van der Waals surface area contributed by atoms with Crippen LogP contribution in [0.3, 0.4) is 0 Å². The number of para-hydroxylation sites is 1. The number of hydrogen-bond donors (Lipinski definition) is 1. The van der Waals surface area contributed by atoms with Crippen LogP contribution in [-0.2, 0) is 6.54 Å². The van der Waals surface area contributed by atoms with Crippen molar-refractivity contribution in [1.29, 1.82) is 0 Å². The molecular formula is C12H16ClF3N2. The van der Waals surface area contributed by atoms with Crippen LogP contribution in [0.1, 0.15) is 19.4 Å². The zero-order valence-corrected chi connectivity index (χ0v) is 11.0. The van der Waals surface area contributed by atoms with Gasteiger partial charge in [-0.2, -0.15) is 13.2 Å². The van der Waals surface area contributed by atoms with Gasteiger partial charge in [0.1, 0.15) is 6.54 Å². The van der Waals surface area contributed by atoms with Crippen LogP contribution in [0.4, 0.5) is 18.9 Å². The first-order valence-corrected chi connectivity index (χ1v) is 5.95. The van der Waals surface area contributed by atoms with Gasteiger partial charge in [0.25, 0.3) is 0 Å². The number of nitrogens with zero attached hydrogens (tertiary/aromatic N) is 1. The number of hydrogen-bond acceptors (Lipinski definition) is 2. The molecule has 0 spiro atoms. The molecular weight excluding hydrogens is 265 g/mol. The summed E-state index contributed by atoms with van der Waals surface area (Å²) in [6, 6.07) is 4.62. The van der Waals surface area contributed by atoms with Gasteiger partial charge in [-0.05, 0) is 25.5 Å². The van der Waals surface area contributed by atoms with Crippen molar-refractivity contribution in [2.24, 2.45) is 5.73 Å². The largest absolute Gasteiger partial charge is 0.405 e. The monoisotopic (exact) mass is 280 g/mol. The molecule has 2 N–H and O–H groups in total. The van der Waals surface area contributed by atoms with Crippen molar-refractivity contribution >= 4 is 17.3 Å². The average Bonchev–Trinajstić information content (AvgIpc) is 2.24. The lowest BCUT2D eigenvalue weighted by Gasteiger charge is -2.32. The van der Waals surface area contributed by atoms with Crippen LogP contribution in [-0.4, -0.2) is 18.8 Å². The van der Waals surface area contributed by atoms with E-state index >= 15 is 0 Å². The molecule has 0 aliphatic rings. The highest BCUT2D eigenvalue weighted by molar-refractivity contribution is 6.33. The Hall–Kier alpha value is -0.940. The summed E-state index contributed by atoms with van der Waals surface area (Å²) in [6.45, 7) is 2.49. The number of alkyl halides is 3. The fourth-order valence-electron chi connectivity index (χ4n) is 1.76. The maximum Gasteiger partial charge on any atom is 0.405 e. The highest BCUT2D eigenvalue weighted by Gasteiger charge is 2.33. The molecule has 0 aliphatic carbocycles. The standard InChI is InChI=1S/C12H16ClF3N2/c1-8(2)18(7-12(14,15)16)11-9(6-17)4-3-5-10(11)13/h3-5,8H,6-7,17H2,1-2H3. The first-order valence-electron chi connectivity index (χ1n) is 5.57. The van der Waals surface area contributed by atoms with Crippen molar-refractivity contribution in [2.45, 2.75) is 32.6 Å². The Kier molecular flexibility index (Phi) is 4.87. The predicted octanol–water partition coefficient (Wildman–Crippen LogP) is 3.58. The van der Waals surface area contributed by atoms with Crippen LogP contribution in [0.25, 0.3) is 0 Å². The van der Waals surface area contributed by atoms with Gasteiger partial charge in [-0.15, -0.1) is 0 Å². The molecule has 0 fully saturated rings. The van der Waals surface area contributed by atoms with E-state index in [-0.39, 0.29) is 17.6 Å². The van der Waals surface area contributed by atoms with E-state index in [2.05, 4.69) is 0 Å². The lowest BCUT2D eigenvalue weighted by atomic mass is 10.1. The van der Waals surface area contributed by atoms with E-state index in [0.717, 1.165) is 0 Å². The number of halogens is 4. The third-order valence-electron chi connectivity index (χ3n) is 2.55. The lowest BCUT2D eigenvalue weighted by Crippen LogP contribution is -2.40. The van der Waals surface area contributed by atoms with Crippen molar-refractivity contribution in [3.8, 4) is 0 Å². The van der Waals surface area contributed by atoms with Crippen molar-refractivity contribution in [3.05, 3.63) is 28.8 Å². The second-order valence-corrected chi connectivity index (χ2v) is 4.70. The van der Waals surface area contributed by atoms with Gasteiger partial charge < -0.3 is 10.6 Å². The molecule has 102 valence electrons. The van der Waals surface area contributed by atoms with Crippen molar-refractivity contribution in [3.63, 3.8) is 0 Å². The first kappa shape index (κ1) is 15.1. The minimum atomic E-state index is -4.28. The van der Waals surface area contributed by atoms with Gasteiger partial charge >= 0.3 is 6.18 Å². The molecule has 1 aromatic rings. The van der Waals surface area contributed by atoms with Crippen molar-refractivity contribution in [1.82, 2.24) is 0 Å². The van der Waals surface area contributed by atoms with Gasteiger partial charge in [0.15, 0.2) is 0 Å². The van der Waals surface area contributed by atoms with E-state index in [1.165, 1.54) is 4.90 Å². The summed E-state index contributed by atoms with van der Waals surface area (Å²) in [5.74, 6) is 0. The zero-order chi connectivity index (χ0) is 13.9. The second-order valence-electron chi connectivity index (χ2n) is 4.29. The maximum absolute atomic E-state index is 12.6. The number of rotatable bonds is 4. The predicted molar refractivity (Wildman–Crippen MR) is 67.9 cm³/mol. The molecule has 0 atom stereocenters. The average molecular weight is 281 g/mol. The summed E-state index contributed by atoms with van der Waals surface area (Å²) >= 11 is 6.01. The zero-order valence-electron chi connectivity index (χ0n) is 10.3. The Bertz CT molecular complexity index is 405. The molecule has 1 rings (SSSR count). The van der Waals surface area contributed by atoms with Gasteiger partial charge in [0.05, 0.1) is 10.7 Å². The van der Waals surface area contributed by atoms with Crippen molar-refractivity contribution in [2.75, 3.05) is 11.4 Å². The maximum atomic E-state index is 12.6. The SMILES string of the molecule is CC(C)N(CC(F)(F)F)c1c(Cl)cccc1CN. The first-order chi connectivity index (χ1) is 8.26. The fraction of sp³-hybridized carbons (Fsp3) is 0.500. The van der Waals surface area contributed by atoms with Crippen LogP contribution in [0.15, 0.2) is 18.2 Å². The molecule has 0 unspecified atom stereocenters. The van der Waals surface area contributed by atoms with Crippen LogP contribution in [0.2, 0.25) is 5.02 Å². The molecule has 0 aromatic heterocycles. The summed E-state index contributed by atoms with van der Waals surface area (Å²) in [4.78, 5) is 1.23. The van der Waals surface area contributed by atoms with E-state index in [9.17, 15) is 13.2 Å². The van der Waals surface area contributed by atoms with Crippen molar-refractivity contribution < 1.29 is 13.2 Å². The molecule has 0 saturated heterocycles. The summed E-state index contributed by atoms with van der Waals surface area (Å²) in [7, 11) is 0. The molecule has 2 nitrogen and oxygen atoms in total. The van der Waals surface area contributed by atoms with Crippen LogP contribution in [0, 0.1) is 0 Å². The summed E-state index contributed by atoms with van der Waals surface area (Å²) in [5.41, 5.74) is 6.54. The third-order valence-corrected chi connectivity index (χ3v) is 2.86. The molecule has 6 heteroatoms. The minimum Gasteiger partial charge on any atom is -0.359 e. The van der Waals surface area contributed by atoms with E-state index in [1.54, 1.807) is 32.0 Å². The highest BCUT2D eigenvalue weighted by Crippen LogP contribution is 2.33. The van der Waals surface area contributed by atoms with Gasteiger partial charge in [-0.3, -0.25) is 0 Å². The Morgan fingerprint density at radius 2 is 1.94 bits per heavy atom. The van der Waals surface area contributed by atoms with Crippen LogP contribution in [0.5, 0.6) is 0 Å². The summed E-state index contributed by atoms with van der Waals surface area (Å²) < 4.78 is 37.8. The van der Waals surface area contributed by atoms with Gasteiger partial charge in [-0.1, -0.05) is 23.7 Å². The van der Waals surface area contributed by atoms with Gasteiger partial charge in [-0.25, -0.2) is 0 Å². The van der Waals surface area contributed by atoms with E-state index in [1.807, 2.05) is 0 Å². The van der Waals surface area contributed by atoms with Crippen LogP contribution < -0.4 is 10.6 Å². The number of benzene rings is 1. The smallest absolute Gasteiger partial charge is 0.359 e. The summed E-state index contributed by atoms with van der Waals surface area (Å²) in [5, 5.41) is 0.288. The molecule has 0 heterocycles. The molecule has 0 aliphatic heterocycles. The van der Waals surface area contributed by atoms with E-state index in [4.69, 9.17) is 17.3 Å². The fourth-order valence-corrected chi connectivity index (χ4v) is 2.06. The molecule has 0 amide bonds. The third kappa shape index (κ3) is 3.78. The van der Waals surface area contributed by atoms with E-state index < -0.39 is 12.7 Å². The molecule has 0 bridgehead atoms. The van der Waals surface area contributed by atoms with Crippen LogP contribution >= 0.6 is 11.6 Å².